The van der Waals surface area contributed by atoms with E-state index in [2.05, 4.69) is 0 Å². The topological polar surface area (TPSA) is 99.8 Å². The maximum atomic E-state index is 13.1. The number of hydrogen-bond acceptors (Lipinski definition) is 6. The van der Waals surface area contributed by atoms with E-state index in [1.165, 1.54) is 26.4 Å². The van der Waals surface area contributed by atoms with E-state index < -0.39 is 15.6 Å². The maximum Gasteiger partial charge on any atom is 0.251 e. The number of fused-ring (bicyclic) bond motifs is 1. The van der Waals surface area contributed by atoms with Gasteiger partial charge in [-0.1, -0.05) is 12.1 Å². The Balaban J connectivity index is 1.55. The van der Waals surface area contributed by atoms with Gasteiger partial charge in [0.05, 0.1) is 18.0 Å². The molecule has 0 amide bonds. The number of ether oxygens (including phenoxy) is 2. The van der Waals surface area contributed by atoms with Gasteiger partial charge < -0.3 is 18.6 Å². The molecule has 2 aromatic heterocycles. The second-order valence-electron chi connectivity index (χ2n) is 8.43. The molecule has 1 aromatic carbocycles. The molecule has 4 rings (SSSR count). The summed E-state index contributed by atoms with van der Waals surface area (Å²) >= 11 is 0. The Kier molecular flexibility index (Phi) is 6.37. The fourth-order valence-corrected chi connectivity index (χ4v) is 4.88. The lowest BCUT2D eigenvalue weighted by Gasteiger charge is -2.27. The molecule has 0 N–H and O–H groups in total. The van der Waals surface area contributed by atoms with Crippen LogP contribution in [-0.4, -0.2) is 54.4 Å². The molecular weight excluding hydrogens is 458 g/mol. The highest BCUT2D eigenvalue weighted by Crippen LogP contribution is 2.31. The van der Waals surface area contributed by atoms with E-state index in [9.17, 15) is 18.0 Å². The van der Waals surface area contributed by atoms with Gasteiger partial charge in [-0.2, -0.15) is 0 Å². The van der Waals surface area contributed by atoms with Crippen LogP contribution in [-0.2, 0) is 23.1 Å². The van der Waals surface area contributed by atoms with Gasteiger partial charge in [-0.05, 0) is 38.1 Å². The summed E-state index contributed by atoms with van der Waals surface area (Å²) in [6, 6.07) is 11.7. The van der Waals surface area contributed by atoms with Gasteiger partial charge in [0.2, 0.25) is 10.0 Å². The number of sulfonamides is 1. The molecule has 180 valence electrons. The van der Waals surface area contributed by atoms with E-state index >= 15 is 0 Å². The van der Waals surface area contributed by atoms with Crippen molar-refractivity contribution in [2.45, 2.75) is 37.9 Å². The summed E-state index contributed by atoms with van der Waals surface area (Å²) < 4.78 is 40.9. The summed E-state index contributed by atoms with van der Waals surface area (Å²) in [7, 11) is -0.918. The minimum absolute atomic E-state index is 0.0508. The largest absolute Gasteiger partial charge is 0.486 e. The summed E-state index contributed by atoms with van der Waals surface area (Å²) in [5.41, 5.74) is 1.64. The zero-order valence-corrected chi connectivity index (χ0v) is 20.3. The average Bonchev–Trinajstić information content (AvgIpc) is 3.08. The second-order valence-corrected chi connectivity index (χ2v) is 10.6. The van der Waals surface area contributed by atoms with E-state index in [-0.39, 0.29) is 23.3 Å². The van der Waals surface area contributed by atoms with Crippen LogP contribution in [0.4, 0.5) is 0 Å². The molecule has 0 bridgehead atoms. The standard InChI is InChI=1S/C24H27N3O6S/c1-16-11-20(17(2)27(16)12-18-15-32-22-7-5-6-8-23(22)33-18)21(28)14-26-13-19(9-10-24(26)29)34(30,31)25(3)4/h5-11,13,18H,12,14-15H2,1-4H3/t18-/m0/s1. The molecule has 9 nitrogen and oxygen atoms in total. The monoisotopic (exact) mass is 485 g/mol. The number of para-hydroxylation sites is 2. The van der Waals surface area contributed by atoms with Crippen LogP contribution in [0.2, 0.25) is 0 Å². The molecule has 0 radical (unpaired) electrons. The number of rotatable bonds is 7. The van der Waals surface area contributed by atoms with Gasteiger partial charge >= 0.3 is 0 Å². The smallest absolute Gasteiger partial charge is 0.251 e. The van der Waals surface area contributed by atoms with Gasteiger partial charge in [-0.3, -0.25) is 9.59 Å². The first-order chi connectivity index (χ1) is 16.1. The Hall–Kier alpha value is -3.37. The normalized spacial score (nSPS) is 15.5. The molecule has 0 saturated carbocycles. The molecule has 0 unspecified atom stereocenters. The zero-order valence-electron chi connectivity index (χ0n) is 19.5. The second kappa shape index (κ2) is 9.11. The third-order valence-corrected chi connectivity index (χ3v) is 7.68. The Morgan fingerprint density at radius 3 is 2.53 bits per heavy atom. The lowest BCUT2D eigenvalue weighted by atomic mass is 10.1. The molecular formula is C24H27N3O6S. The molecule has 0 aliphatic carbocycles. The summed E-state index contributed by atoms with van der Waals surface area (Å²) in [6.45, 7) is 4.36. The van der Waals surface area contributed by atoms with Crippen LogP contribution >= 0.6 is 0 Å². The van der Waals surface area contributed by atoms with Crippen LogP contribution in [0.3, 0.4) is 0 Å². The molecule has 0 saturated heterocycles. The predicted octanol–water partition coefficient (Wildman–Crippen LogP) is 2.24. The predicted molar refractivity (Wildman–Crippen MR) is 126 cm³/mol. The lowest BCUT2D eigenvalue weighted by molar-refractivity contribution is 0.0777. The summed E-state index contributed by atoms with van der Waals surface area (Å²) in [5, 5.41) is 0. The summed E-state index contributed by atoms with van der Waals surface area (Å²) in [6.07, 6.45) is 0.984. The number of aryl methyl sites for hydroxylation is 1. The number of nitrogens with zero attached hydrogens (tertiary/aromatic N) is 3. The van der Waals surface area contributed by atoms with E-state index in [1.807, 2.05) is 42.7 Å². The molecule has 1 aliphatic heterocycles. The van der Waals surface area contributed by atoms with Crippen molar-refractivity contribution in [2.75, 3.05) is 20.7 Å². The van der Waals surface area contributed by atoms with Gasteiger partial charge in [0.1, 0.15) is 6.61 Å². The molecule has 0 spiro atoms. The molecule has 34 heavy (non-hydrogen) atoms. The van der Waals surface area contributed by atoms with Crippen molar-refractivity contribution in [1.29, 1.82) is 0 Å². The molecule has 3 aromatic rings. The molecule has 0 fully saturated rings. The minimum atomic E-state index is -3.73. The third kappa shape index (κ3) is 4.51. The Morgan fingerprint density at radius 2 is 1.82 bits per heavy atom. The number of aromatic nitrogens is 2. The van der Waals surface area contributed by atoms with E-state index in [4.69, 9.17) is 9.47 Å². The molecule has 3 heterocycles. The number of ketones is 1. The number of pyridine rings is 1. The van der Waals surface area contributed by atoms with Crippen LogP contribution in [0.1, 0.15) is 21.7 Å². The van der Waals surface area contributed by atoms with E-state index in [0.717, 1.165) is 26.3 Å². The fourth-order valence-electron chi connectivity index (χ4n) is 3.96. The van der Waals surface area contributed by atoms with Gasteiger partial charge in [-0.25, -0.2) is 12.7 Å². The fraction of sp³-hybridized carbons (Fsp3) is 0.333. The first kappa shape index (κ1) is 23.8. The Bertz CT molecular complexity index is 1400. The van der Waals surface area contributed by atoms with Gasteiger partial charge in [0, 0.05) is 43.3 Å². The van der Waals surface area contributed by atoms with Crippen molar-refractivity contribution >= 4 is 15.8 Å². The van der Waals surface area contributed by atoms with E-state index in [1.54, 1.807) is 6.07 Å². The van der Waals surface area contributed by atoms with Crippen molar-refractivity contribution in [3.8, 4) is 11.5 Å². The van der Waals surface area contributed by atoms with Gasteiger partial charge in [0.15, 0.2) is 23.4 Å². The van der Waals surface area contributed by atoms with Crippen LogP contribution in [0.15, 0.2) is 58.4 Å². The maximum absolute atomic E-state index is 13.1. The third-order valence-electron chi connectivity index (χ3n) is 5.88. The zero-order chi connectivity index (χ0) is 24.6. The highest BCUT2D eigenvalue weighted by molar-refractivity contribution is 7.89. The number of benzene rings is 1. The van der Waals surface area contributed by atoms with Crippen molar-refractivity contribution in [1.82, 2.24) is 13.4 Å². The highest BCUT2D eigenvalue weighted by Gasteiger charge is 2.24. The van der Waals surface area contributed by atoms with Gasteiger partial charge in [0.25, 0.3) is 5.56 Å². The molecule has 10 heteroatoms. The SMILES string of the molecule is Cc1cc(C(=O)Cn2cc(S(=O)(=O)N(C)C)ccc2=O)c(C)n1C[C@H]1COc2ccccc2O1. The Morgan fingerprint density at radius 1 is 1.12 bits per heavy atom. The van der Waals surface area contributed by atoms with E-state index in [0.29, 0.717) is 30.2 Å². The van der Waals surface area contributed by atoms with Crippen molar-refractivity contribution < 1.29 is 22.7 Å². The number of carbonyl (C=O) groups excluding carboxylic acids is 1. The Labute approximate surface area is 198 Å². The van der Waals surface area contributed by atoms with Crippen LogP contribution < -0.4 is 15.0 Å². The minimum Gasteiger partial charge on any atom is -0.486 e. The van der Waals surface area contributed by atoms with Crippen molar-refractivity contribution in [3.05, 3.63) is 76.0 Å². The highest BCUT2D eigenvalue weighted by atomic mass is 32.2. The number of carbonyl (C=O) groups is 1. The first-order valence-electron chi connectivity index (χ1n) is 10.8. The number of Topliss-reactive ketones (excluding diaryl/α,β-unsaturated/α-hetero) is 1. The summed E-state index contributed by atoms with van der Waals surface area (Å²) in [5.74, 6) is 1.11. The molecule has 1 atom stereocenters. The molecule has 1 aliphatic rings. The van der Waals surface area contributed by atoms with Crippen molar-refractivity contribution in [3.63, 3.8) is 0 Å². The first-order valence-corrected chi connectivity index (χ1v) is 12.2. The van der Waals surface area contributed by atoms with Gasteiger partial charge in [-0.15, -0.1) is 0 Å². The number of hydrogen-bond donors (Lipinski definition) is 0. The quantitative estimate of drug-likeness (QED) is 0.476. The van der Waals surface area contributed by atoms with Crippen LogP contribution in [0.5, 0.6) is 11.5 Å². The average molecular weight is 486 g/mol. The lowest BCUT2D eigenvalue weighted by Crippen LogP contribution is -2.33. The summed E-state index contributed by atoms with van der Waals surface area (Å²) in [4.78, 5) is 25.4. The van der Waals surface area contributed by atoms with Crippen LogP contribution in [0, 0.1) is 13.8 Å². The van der Waals surface area contributed by atoms with Crippen LogP contribution in [0.25, 0.3) is 0 Å². The van der Waals surface area contributed by atoms with Crippen molar-refractivity contribution in [2.24, 2.45) is 0 Å².